The molecule has 6 heteroatoms. The van der Waals surface area contributed by atoms with Gasteiger partial charge in [-0.3, -0.25) is 4.79 Å². The summed E-state index contributed by atoms with van der Waals surface area (Å²) >= 11 is 0. The van der Waals surface area contributed by atoms with E-state index in [0.717, 1.165) is 5.69 Å². The number of carbonyl (C=O) groups is 1. The number of hydrogen-bond donors (Lipinski definition) is 2. The van der Waals surface area contributed by atoms with Crippen LogP contribution in [-0.2, 0) is 11.3 Å². The van der Waals surface area contributed by atoms with Crippen LogP contribution in [0.25, 0.3) is 0 Å². The number of hydrogen-bond acceptors (Lipinski definition) is 4. The molecule has 1 atom stereocenters. The Kier molecular flexibility index (Phi) is 4.35. The Bertz CT molecular complexity index is 616. The Morgan fingerprint density at radius 3 is 3.05 bits per heavy atom. The summed E-state index contributed by atoms with van der Waals surface area (Å²) in [5.74, 6) is 0.145. The molecule has 1 aromatic carbocycles. The van der Waals surface area contributed by atoms with E-state index in [9.17, 15) is 4.79 Å². The van der Waals surface area contributed by atoms with Crippen LogP contribution >= 0.6 is 0 Å². The van der Waals surface area contributed by atoms with Gasteiger partial charge >= 0.3 is 0 Å². The first kappa shape index (κ1) is 13.6. The van der Waals surface area contributed by atoms with E-state index >= 15 is 0 Å². The molecule has 20 heavy (non-hydrogen) atoms. The lowest BCUT2D eigenvalue weighted by atomic mass is 10.2. The van der Waals surface area contributed by atoms with Gasteiger partial charge in [-0.2, -0.15) is 5.26 Å². The zero-order valence-corrected chi connectivity index (χ0v) is 11.0. The Morgan fingerprint density at radius 1 is 1.55 bits per heavy atom. The first-order valence-electron chi connectivity index (χ1n) is 6.11. The number of nitrogens with zero attached hydrogens (tertiary/aromatic N) is 2. The SMILES string of the molecule is CC(Oc1ccccc1C#N)C(=O)NCc1cnc[nH]1. The minimum absolute atomic E-state index is 0.257. The molecular weight excluding hydrogens is 256 g/mol. The van der Waals surface area contributed by atoms with E-state index in [-0.39, 0.29) is 5.91 Å². The number of ether oxygens (including phenoxy) is 1. The van der Waals surface area contributed by atoms with E-state index in [1.165, 1.54) is 0 Å². The standard InChI is InChI=1S/C14H14N4O2/c1-10(14(19)17-8-12-7-16-9-18-12)20-13-5-3-2-4-11(13)6-15/h2-5,7,9-10H,8H2,1H3,(H,16,18)(H,17,19). The number of aromatic amines is 1. The van der Waals surface area contributed by atoms with Crippen molar-refractivity contribution in [2.45, 2.75) is 19.6 Å². The van der Waals surface area contributed by atoms with Gasteiger partial charge in [0.15, 0.2) is 6.10 Å². The third-order valence-electron chi connectivity index (χ3n) is 2.69. The molecule has 0 aliphatic heterocycles. The molecule has 2 aromatic rings. The molecule has 0 bridgehead atoms. The molecule has 1 heterocycles. The lowest BCUT2D eigenvalue weighted by molar-refractivity contribution is -0.127. The summed E-state index contributed by atoms with van der Waals surface area (Å²) in [5, 5.41) is 11.7. The molecule has 0 saturated carbocycles. The van der Waals surface area contributed by atoms with Gasteiger partial charge in [-0.05, 0) is 19.1 Å². The largest absolute Gasteiger partial charge is 0.480 e. The van der Waals surface area contributed by atoms with Crippen molar-refractivity contribution in [3.05, 3.63) is 48.0 Å². The number of carbonyl (C=O) groups excluding carboxylic acids is 1. The molecule has 0 aliphatic carbocycles. The van der Waals surface area contributed by atoms with Crippen molar-refractivity contribution in [3.8, 4) is 11.8 Å². The van der Waals surface area contributed by atoms with Gasteiger partial charge in [0.05, 0.1) is 24.1 Å². The number of H-pyrrole nitrogens is 1. The molecule has 1 unspecified atom stereocenters. The topological polar surface area (TPSA) is 90.8 Å². The van der Waals surface area contributed by atoms with Gasteiger partial charge in [0.25, 0.3) is 5.91 Å². The minimum Gasteiger partial charge on any atom is -0.480 e. The van der Waals surface area contributed by atoms with Crippen molar-refractivity contribution in [2.24, 2.45) is 0 Å². The van der Waals surface area contributed by atoms with E-state index in [1.807, 2.05) is 6.07 Å². The molecule has 1 aromatic heterocycles. The number of amides is 1. The lowest BCUT2D eigenvalue weighted by Crippen LogP contribution is -2.36. The van der Waals surface area contributed by atoms with Crippen LogP contribution < -0.4 is 10.1 Å². The number of nitriles is 1. The molecule has 2 N–H and O–H groups in total. The van der Waals surface area contributed by atoms with E-state index < -0.39 is 6.10 Å². The van der Waals surface area contributed by atoms with Crippen molar-refractivity contribution in [1.82, 2.24) is 15.3 Å². The van der Waals surface area contributed by atoms with Gasteiger partial charge < -0.3 is 15.0 Å². The number of nitrogens with one attached hydrogen (secondary N) is 2. The highest BCUT2D eigenvalue weighted by molar-refractivity contribution is 5.80. The number of benzene rings is 1. The fourth-order valence-electron chi connectivity index (χ4n) is 1.61. The zero-order chi connectivity index (χ0) is 14.4. The summed E-state index contributed by atoms with van der Waals surface area (Å²) < 4.78 is 5.51. The maximum Gasteiger partial charge on any atom is 0.261 e. The number of aromatic nitrogens is 2. The number of rotatable bonds is 5. The molecular formula is C14H14N4O2. The van der Waals surface area contributed by atoms with Crippen molar-refractivity contribution in [1.29, 1.82) is 5.26 Å². The lowest BCUT2D eigenvalue weighted by Gasteiger charge is -2.15. The second-order valence-electron chi connectivity index (χ2n) is 4.16. The fourth-order valence-corrected chi connectivity index (χ4v) is 1.61. The van der Waals surface area contributed by atoms with Gasteiger partial charge in [-0.1, -0.05) is 12.1 Å². The number of para-hydroxylation sites is 1. The average molecular weight is 270 g/mol. The van der Waals surface area contributed by atoms with E-state index in [0.29, 0.717) is 17.9 Å². The molecule has 0 aliphatic rings. The Balaban J connectivity index is 1.92. The first-order chi connectivity index (χ1) is 9.70. The summed E-state index contributed by atoms with van der Waals surface area (Å²) in [5.41, 5.74) is 1.21. The first-order valence-corrected chi connectivity index (χ1v) is 6.11. The van der Waals surface area contributed by atoms with Gasteiger partial charge in [-0.25, -0.2) is 4.98 Å². The third-order valence-corrected chi connectivity index (χ3v) is 2.69. The van der Waals surface area contributed by atoms with Gasteiger partial charge in [0.1, 0.15) is 11.8 Å². The van der Waals surface area contributed by atoms with Gasteiger partial charge in [-0.15, -0.1) is 0 Å². The molecule has 1 amide bonds. The quantitative estimate of drug-likeness (QED) is 0.858. The predicted molar refractivity (Wildman–Crippen MR) is 71.7 cm³/mol. The molecule has 0 radical (unpaired) electrons. The monoisotopic (exact) mass is 270 g/mol. The van der Waals surface area contributed by atoms with Crippen molar-refractivity contribution < 1.29 is 9.53 Å². The summed E-state index contributed by atoms with van der Waals surface area (Å²) in [6, 6.07) is 8.83. The second-order valence-corrected chi connectivity index (χ2v) is 4.16. The molecule has 0 fully saturated rings. The predicted octanol–water partition coefficient (Wildman–Crippen LogP) is 1.37. The third kappa shape index (κ3) is 3.36. The second kappa shape index (κ2) is 6.38. The summed E-state index contributed by atoms with van der Waals surface area (Å²) in [7, 11) is 0. The van der Waals surface area contributed by atoms with Crippen molar-refractivity contribution in [3.63, 3.8) is 0 Å². The highest BCUT2D eigenvalue weighted by Crippen LogP contribution is 2.18. The molecule has 6 nitrogen and oxygen atoms in total. The Hall–Kier alpha value is -2.81. The average Bonchev–Trinajstić information content (AvgIpc) is 2.98. The van der Waals surface area contributed by atoms with Crippen LogP contribution in [0.5, 0.6) is 5.75 Å². The van der Waals surface area contributed by atoms with Crippen LogP contribution in [0.15, 0.2) is 36.8 Å². The minimum atomic E-state index is -0.688. The molecule has 0 spiro atoms. The molecule has 2 rings (SSSR count). The van der Waals surface area contributed by atoms with Crippen LogP contribution in [0.4, 0.5) is 0 Å². The fraction of sp³-hybridized carbons (Fsp3) is 0.214. The van der Waals surface area contributed by atoms with Crippen LogP contribution in [-0.4, -0.2) is 22.0 Å². The molecule has 102 valence electrons. The van der Waals surface area contributed by atoms with Gasteiger partial charge in [0.2, 0.25) is 0 Å². The normalized spacial score (nSPS) is 11.4. The number of imidazole rings is 1. The highest BCUT2D eigenvalue weighted by Gasteiger charge is 2.16. The van der Waals surface area contributed by atoms with Gasteiger partial charge in [0, 0.05) is 6.20 Å². The smallest absolute Gasteiger partial charge is 0.261 e. The summed E-state index contributed by atoms with van der Waals surface area (Å²) in [6.45, 7) is 1.99. The maximum atomic E-state index is 11.9. The Morgan fingerprint density at radius 2 is 2.35 bits per heavy atom. The summed E-state index contributed by atoms with van der Waals surface area (Å²) in [4.78, 5) is 18.6. The zero-order valence-electron chi connectivity index (χ0n) is 11.0. The van der Waals surface area contributed by atoms with E-state index in [2.05, 4.69) is 15.3 Å². The highest BCUT2D eigenvalue weighted by atomic mass is 16.5. The van der Waals surface area contributed by atoms with Crippen molar-refractivity contribution >= 4 is 5.91 Å². The van der Waals surface area contributed by atoms with E-state index in [1.54, 1.807) is 43.7 Å². The molecule has 0 saturated heterocycles. The van der Waals surface area contributed by atoms with Crippen molar-refractivity contribution in [2.75, 3.05) is 0 Å². The van der Waals surface area contributed by atoms with E-state index in [4.69, 9.17) is 10.00 Å². The van der Waals surface area contributed by atoms with Crippen LogP contribution in [0.3, 0.4) is 0 Å². The maximum absolute atomic E-state index is 11.9. The summed E-state index contributed by atoms with van der Waals surface area (Å²) in [6.07, 6.45) is 2.49. The van der Waals surface area contributed by atoms with Crippen LogP contribution in [0, 0.1) is 11.3 Å². The van der Waals surface area contributed by atoms with Crippen LogP contribution in [0.1, 0.15) is 18.2 Å². The Labute approximate surface area is 116 Å². The van der Waals surface area contributed by atoms with Crippen LogP contribution in [0.2, 0.25) is 0 Å².